The first-order valence-corrected chi connectivity index (χ1v) is 8.40. The summed E-state index contributed by atoms with van der Waals surface area (Å²) in [7, 11) is 1.87. The Morgan fingerprint density at radius 3 is 2.54 bits per heavy atom. The van der Waals surface area contributed by atoms with Gasteiger partial charge in [0.15, 0.2) is 5.96 Å². The standard InChI is InChI=1S/C19H28N4.HI/c1-18(2)13-23(19(18,3)4)17(20-5)21-11-10-15-12-14-8-6-7-9-16(14)22-15;/h6-9,12,22H,10-11,13H2,1-5H3,(H,20,21);1H. The number of halogens is 1. The summed E-state index contributed by atoms with van der Waals surface area (Å²) in [5.41, 5.74) is 2.92. The van der Waals surface area contributed by atoms with E-state index in [1.807, 2.05) is 7.05 Å². The van der Waals surface area contributed by atoms with Crippen molar-refractivity contribution in [2.45, 2.75) is 39.7 Å². The van der Waals surface area contributed by atoms with E-state index in [1.165, 1.54) is 16.6 Å². The number of aliphatic imine (C=N–C) groups is 1. The molecule has 0 unspecified atom stereocenters. The zero-order valence-electron chi connectivity index (χ0n) is 15.3. The van der Waals surface area contributed by atoms with Gasteiger partial charge in [-0.05, 0) is 31.4 Å². The molecule has 0 spiro atoms. The van der Waals surface area contributed by atoms with Gasteiger partial charge in [0.2, 0.25) is 0 Å². The van der Waals surface area contributed by atoms with E-state index in [1.54, 1.807) is 0 Å². The van der Waals surface area contributed by atoms with E-state index in [-0.39, 0.29) is 29.5 Å². The second-order valence-electron chi connectivity index (χ2n) is 7.63. The molecule has 0 aliphatic carbocycles. The second-order valence-corrected chi connectivity index (χ2v) is 7.63. The fraction of sp³-hybridized carbons (Fsp3) is 0.526. The molecule has 1 fully saturated rings. The Labute approximate surface area is 162 Å². The molecule has 0 amide bonds. The number of fused-ring (bicyclic) bond motifs is 1. The summed E-state index contributed by atoms with van der Waals surface area (Å²) in [6.45, 7) is 11.2. The number of nitrogens with zero attached hydrogens (tertiary/aromatic N) is 2. The molecule has 1 aromatic heterocycles. The third kappa shape index (κ3) is 3.27. The van der Waals surface area contributed by atoms with Crippen LogP contribution in [-0.4, -0.2) is 41.5 Å². The van der Waals surface area contributed by atoms with Crippen molar-refractivity contribution >= 4 is 40.8 Å². The topological polar surface area (TPSA) is 43.4 Å². The van der Waals surface area contributed by atoms with E-state index >= 15 is 0 Å². The van der Waals surface area contributed by atoms with Gasteiger partial charge in [0.25, 0.3) is 0 Å². The number of hydrogen-bond acceptors (Lipinski definition) is 1. The van der Waals surface area contributed by atoms with Crippen LogP contribution in [0, 0.1) is 5.41 Å². The highest BCUT2D eigenvalue weighted by Crippen LogP contribution is 2.46. The summed E-state index contributed by atoms with van der Waals surface area (Å²) in [6.07, 6.45) is 0.964. The van der Waals surface area contributed by atoms with Crippen molar-refractivity contribution in [3.05, 3.63) is 36.0 Å². The summed E-state index contributed by atoms with van der Waals surface area (Å²) in [5, 5.41) is 4.79. The van der Waals surface area contributed by atoms with Gasteiger partial charge in [0.1, 0.15) is 0 Å². The lowest BCUT2D eigenvalue weighted by Crippen LogP contribution is -2.72. The third-order valence-corrected chi connectivity index (χ3v) is 5.62. The van der Waals surface area contributed by atoms with Gasteiger partial charge < -0.3 is 15.2 Å². The van der Waals surface area contributed by atoms with Crippen LogP contribution in [0.25, 0.3) is 10.9 Å². The van der Waals surface area contributed by atoms with Crippen LogP contribution in [0.3, 0.4) is 0 Å². The normalized spacial score (nSPS) is 18.9. The van der Waals surface area contributed by atoms with Gasteiger partial charge in [-0.25, -0.2) is 0 Å². The number of aromatic amines is 1. The van der Waals surface area contributed by atoms with Gasteiger partial charge in [-0.1, -0.05) is 32.0 Å². The molecule has 132 valence electrons. The minimum atomic E-state index is 0. The summed E-state index contributed by atoms with van der Waals surface area (Å²) in [4.78, 5) is 10.3. The van der Waals surface area contributed by atoms with Crippen LogP contribution >= 0.6 is 24.0 Å². The highest BCUT2D eigenvalue weighted by Gasteiger charge is 2.53. The average molecular weight is 440 g/mol. The Bertz CT molecular complexity index is 697. The molecule has 2 heterocycles. The van der Waals surface area contributed by atoms with Gasteiger partial charge >= 0.3 is 0 Å². The molecule has 3 rings (SSSR count). The van der Waals surface area contributed by atoms with Crippen molar-refractivity contribution in [2.75, 3.05) is 20.1 Å². The summed E-state index contributed by atoms with van der Waals surface area (Å²) >= 11 is 0. The van der Waals surface area contributed by atoms with Crippen LogP contribution in [-0.2, 0) is 6.42 Å². The Balaban J connectivity index is 0.00000208. The predicted octanol–water partition coefficient (Wildman–Crippen LogP) is 4.02. The molecule has 1 aliphatic heterocycles. The van der Waals surface area contributed by atoms with Crippen molar-refractivity contribution in [3.63, 3.8) is 0 Å². The molecule has 0 atom stereocenters. The fourth-order valence-electron chi connectivity index (χ4n) is 3.27. The van der Waals surface area contributed by atoms with Crippen molar-refractivity contribution in [1.82, 2.24) is 15.2 Å². The van der Waals surface area contributed by atoms with Crippen LogP contribution in [0.2, 0.25) is 0 Å². The maximum absolute atomic E-state index is 4.47. The quantitative estimate of drug-likeness (QED) is 0.430. The molecule has 2 N–H and O–H groups in total. The lowest BCUT2D eigenvalue weighted by Gasteiger charge is -2.62. The largest absolute Gasteiger partial charge is 0.358 e. The van der Waals surface area contributed by atoms with Gasteiger partial charge in [0, 0.05) is 48.7 Å². The van der Waals surface area contributed by atoms with Crippen molar-refractivity contribution in [3.8, 4) is 0 Å². The first-order chi connectivity index (χ1) is 10.8. The molecular formula is C19H29IN4. The number of rotatable bonds is 3. The molecule has 1 saturated heterocycles. The number of H-pyrrole nitrogens is 1. The molecule has 4 nitrogen and oxygen atoms in total. The van der Waals surface area contributed by atoms with Crippen molar-refractivity contribution in [2.24, 2.45) is 10.4 Å². The smallest absolute Gasteiger partial charge is 0.194 e. The number of aromatic nitrogens is 1. The van der Waals surface area contributed by atoms with Gasteiger partial charge in [-0.3, -0.25) is 4.99 Å². The fourth-order valence-corrected chi connectivity index (χ4v) is 3.27. The van der Waals surface area contributed by atoms with E-state index in [9.17, 15) is 0 Å². The van der Waals surface area contributed by atoms with Crippen LogP contribution in [0.1, 0.15) is 33.4 Å². The molecule has 0 saturated carbocycles. The summed E-state index contributed by atoms with van der Waals surface area (Å²) in [6, 6.07) is 10.6. The molecule has 2 aromatic rings. The number of likely N-dealkylation sites (tertiary alicyclic amines) is 1. The van der Waals surface area contributed by atoms with Crippen LogP contribution in [0.5, 0.6) is 0 Å². The summed E-state index contributed by atoms with van der Waals surface area (Å²) in [5.74, 6) is 1.01. The molecule has 0 bridgehead atoms. The number of guanidine groups is 1. The number of hydrogen-bond donors (Lipinski definition) is 2. The molecule has 24 heavy (non-hydrogen) atoms. The van der Waals surface area contributed by atoms with E-state index in [4.69, 9.17) is 0 Å². The zero-order valence-corrected chi connectivity index (χ0v) is 17.6. The average Bonchev–Trinajstić information content (AvgIpc) is 2.92. The van der Waals surface area contributed by atoms with E-state index < -0.39 is 0 Å². The highest BCUT2D eigenvalue weighted by molar-refractivity contribution is 14.0. The van der Waals surface area contributed by atoms with Crippen molar-refractivity contribution < 1.29 is 0 Å². The van der Waals surface area contributed by atoms with Crippen LogP contribution < -0.4 is 5.32 Å². The van der Waals surface area contributed by atoms with Crippen molar-refractivity contribution in [1.29, 1.82) is 0 Å². The SMILES string of the molecule is CN=C(NCCc1cc2ccccc2[nH]1)N1CC(C)(C)C1(C)C.I. The van der Waals surface area contributed by atoms with Crippen LogP contribution in [0.4, 0.5) is 0 Å². The number of nitrogens with one attached hydrogen (secondary N) is 2. The zero-order chi connectivity index (χ0) is 16.7. The maximum Gasteiger partial charge on any atom is 0.194 e. The Kier molecular flexibility index (Phi) is 5.52. The first-order valence-electron chi connectivity index (χ1n) is 8.40. The van der Waals surface area contributed by atoms with Gasteiger partial charge in [-0.2, -0.15) is 0 Å². The lowest BCUT2D eigenvalue weighted by molar-refractivity contribution is -0.0666. The van der Waals surface area contributed by atoms with E-state index in [2.05, 4.69) is 78.2 Å². The molecule has 1 aliphatic rings. The molecule has 5 heteroatoms. The second kappa shape index (κ2) is 6.94. The van der Waals surface area contributed by atoms with Crippen LogP contribution in [0.15, 0.2) is 35.3 Å². The molecular weight excluding hydrogens is 411 g/mol. The number of para-hydroxylation sites is 1. The van der Waals surface area contributed by atoms with Gasteiger partial charge in [0.05, 0.1) is 0 Å². The molecule has 0 radical (unpaired) electrons. The Morgan fingerprint density at radius 2 is 1.96 bits per heavy atom. The number of benzene rings is 1. The van der Waals surface area contributed by atoms with E-state index in [0.29, 0.717) is 5.41 Å². The highest BCUT2D eigenvalue weighted by atomic mass is 127. The lowest BCUT2D eigenvalue weighted by atomic mass is 9.65. The predicted molar refractivity (Wildman–Crippen MR) is 113 cm³/mol. The van der Waals surface area contributed by atoms with E-state index in [0.717, 1.165) is 25.5 Å². The monoisotopic (exact) mass is 440 g/mol. The summed E-state index contributed by atoms with van der Waals surface area (Å²) < 4.78 is 0. The first kappa shape index (κ1) is 19.1. The minimum absolute atomic E-state index is 0. The Hall–Kier alpha value is -1.24. The van der Waals surface area contributed by atoms with Gasteiger partial charge in [-0.15, -0.1) is 24.0 Å². The third-order valence-electron chi connectivity index (χ3n) is 5.62. The Morgan fingerprint density at radius 1 is 1.25 bits per heavy atom. The maximum atomic E-state index is 4.47. The minimum Gasteiger partial charge on any atom is -0.358 e. The molecule has 1 aromatic carbocycles.